The zero-order chi connectivity index (χ0) is 17.4. The molecule has 1 saturated heterocycles. The molecule has 0 atom stereocenters. The fourth-order valence-corrected chi connectivity index (χ4v) is 2.91. The van der Waals surface area contributed by atoms with E-state index < -0.39 is 0 Å². The van der Waals surface area contributed by atoms with Crippen molar-refractivity contribution in [3.63, 3.8) is 0 Å². The molecule has 1 heterocycles. The first-order valence-corrected chi connectivity index (χ1v) is 8.49. The first-order valence-electron chi connectivity index (χ1n) is 8.49. The van der Waals surface area contributed by atoms with Gasteiger partial charge in [-0.2, -0.15) is 0 Å². The van der Waals surface area contributed by atoms with Gasteiger partial charge >= 0.3 is 0 Å². The molecule has 0 bridgehead atoms. The normalized spacial score (nSPS) is 15.4. The number of phenolic OH excluding ortho intramolecular Hbond substituents is 1. The average Bonchev–Trinajstić information content (AvgIpc) is 2.62. The summed E-state index contributed by atoms with van der Waals surface area (Å²) >= 11 is 0. The topological polar surface area (TPSA) is 66.3 Å². The molecule has 0 amide bonds. The number of guanidine groups is 1. The highest BCUT2D eigenvalue weighted by Crippen LogP contribution is 2.22. The van der Waals surface area contributed by atoms with Crippen molar-refractivity contribution in [2.75, 3.05) is 41.0 Å². The van der Waals surface area contributed by atoms with Gasteiger partial charge in [0.15, 0.2) is 5.96 Å². The van der Waals surface area contributed by atoms with Gasteiger partial charge in [0.2, 0.25) is 0 Å². The van der Waals surface area contributed by atoms with E-state index in [1.165, 1.54) is 0 Å². The number of phenols is 1. The van der Waals surface area contributed by atoms with Gasteiger partial charge in [0.05, 0.1) is 7.11 Å². The van der Waals surface area contributed by atoms with Gasteiger partial charge in [-0.25, -0.2) is 0 Å². The van der Waals surface area contributed by atoms with Crippen LogP contribution in [0.25, 0.3) is 0 Å². The Hall–Kier alpha value is -1.22. The molecule has 2 N–H and O–H groups in total. The predicted molar refractivity (Wildman–Crippen MR) is 111 cm³/mol. The van der Waals surface area contributed by atoms with Gasteiger partial charge in [-0.15, -0.1) is 24.0 Å². The zero-order valence-corrected chi connectivity index (χ0v) is 17.7. The van der Waals surface area contributed by atoms with Crippen LogP contribution in [0.1, 0.15) is 24.8 Å². The van der Waals surface area contributed by atoms with Crippen molar-refractivity contribution >= 4 is 29.9 Å². The standard InChI is InChI=1S/C18H29N3O3.HI/c1-19-18(21(2)9-6-14-7-10-24-11-8-14)20-13-15-12-16(23-3)4-5-17(15)22;/h4-5,12,14,22H,6-11,13H2,1-3H3,(H,19,20);1H. The quantitative estimate of drug-likeness (QED) is 0.386. The maximum absolute atomic E-state index is 9.97. The highest BCUT2D eigenvalue weighted by atomic mass is 127. The van der Waals surface area contributed by atoms with Gasteiger partial charge in [-0.1, -0.05) is 0 Å². The van der Waals surface area contributed by atoms with Gasteiger partial charge < -0.3 is 24.8 Å². The highest BCUT2D eigenvalue weighted by Gasteiger charge is 2.15. The fourth-order valence-electron chi connectivity index (χ4n) is 2.91. The van der Waals surface area contributed by atoms with E-state index in [2.05, 4.69) is 15.2 Å². The van der Waals surface area contributed by atoms with Gasteiger partial charge in [0.25, 0.3) is 0 Å². The molecule has 25 heavy (non-hydrogen) atoms. The van der Waals surface area contributed by atoms with Crippen LogP contribution in [0.3, 0.4) is 0 Å². The van der Waals surface area contributed by atoms with Crippen LogP contribution in [0, 0.1) is 5.92 Å². The van der Waals surface area contributed by atoms with E-state index >= 15 is 0 Å². The number of benzene rings is 1. The van der Waals surface area contributed by atoms with Gasteiger partial charge in [-0.3, -0.25) is 4.99 Å². The first-order chi connectivity index (χ1) is 11.6. The van der Waals surface area contributed by atoms with Gasteiger partial charge in [-0.05, 0) is 43.4 Å². The summed E-state index contributed by atoms with van der Waals surface area (Å²) in [6.45, 7) is 3.22. The summed E-state index contributed by atoms with van der Waals surface area (Å²) in [5.74, 6) is 2.54. The van der Waals surface area contributed by atoms with Crippen molar-refractivity contribution in [1.82, 2.24) is 10.2 Å². The number of aliphatic imine (C=N–C) groups is 1. The number of halogens is 1. The lowest BCUT2D eigenvalue weighted by molar-refractivity contribution is 0.0625. The summed E-state index contributed by atoms with van der Waals surface area (Å²) in [5, 5.41) is 13.3. The molecule has 1 aromatic carbocycles. The molecule has 0 radical (unpaired) electrons. The third-order valence-electron chi connectivity index (χ3n) is 4.51. The van der Waals surface area contributed by atoms with E-state index in [0.29, 0.717) is 6.54 Å². The number of hydrogen-bond donors (Lipinski definition) is 2. The molecule has 7 heteroatoms. The van der Waals surface area contributed by atoms with E-state index in [1.54, 1.807) is 26.3 Å². The number of nitrogens with zero attached hydrogens (tertiary/aromatic N) is 2. The Balaban J connectivity index is 0.00000312. The summed E-state index contributed by atoms with van der Waals surface area (Å²) in [4.78, 5) is 6.46. The summed E-state index contributed by atoms with van der Waals surface area (Å²) in [6.07, 6.45) is 3.44. The molecule has 0 aliphatic carbocycles. The number of rotatable bonds is 6. The van der Waals surface area contributed by atoms with Crippen LogP contribution in [0.2, 0.25) is 0 Å². The van der Waals surface area contributed by atoms with Crippen LogP contribution in [-0.2, 0) is 11.3 Å². The largest absolute Gasteiger partial charge is 0.508 e. The van der Waals surface area contributed by atoms with E-state index in [-0.39, 0.29) is 29.7 Å². The molecule has 1 aromatic rings. The van der Waals surface area contributed by atoms with E-state index in [9.17, 15) is 5.11 Å². The van der Waals surface area contributed by atoms with Crippen LogP contribution in [-0.4, -0.2) is 56.9 Å². The number of aromatic hydroxyl groups is 1. The Morgan fingerprint density at radius 1 is 1.40 bits per heavy atom. The molecule has 1 fully saturated rings. The highest BCUT2D eigenvalue weighted by molar-refractivity contribution is 14.0. The van der Waals surface area contributed by atoms with Crippen LogP contribution in [0.15, 0.2) is 23.2 Å². The second kappa shape index (κ2) is 11.4. The van der Waals surface area contributed by atoms with Crippen molar-refractivity contribution in [3.8, 4) is 11.5 Å². The lowest BCUT2D eigenvalue weighted by Crippen LogP contribution is -2.39. The molecule has 6 nitrogen and oxygen atoms in total. The average molecular weight is 463 g/mol. The van der Waals surface area contributed by atoms with Crippen molar-refractivity contribution in [1.29, 1.82) is 0 Å². The lowest BCUT2D eigenvalue weighted by Gasteiger charge is -2.27. The minimum Gasteiger partial charge on any atom is -0.508 e. The van der Waals surface area contributed by atoms with Crippen molar-refractivity contribution in [2.45, 2.75) is 25.8 Å². The van der Waals surface area contributed by atoms with Crippen molar-refractivity contribution < 1.29 is 14.6 Å². The first kappa shape index (κ1) is 21.8. The Morgan fingerprint density at radius 2 is 2.12 bits per heavy atom. The van der Waals surface area contributed by atoms with Crippen LogP contribution >= 0.6 is 24.0 Å². The smallest absolute Gasteiger partial charge is 0.193 e. The third-order valence-corrected chi connectivity index (χ3v) is 4.51. The minimum absolute atomic E-state index is 0. The molecule has 0 spiro atoms. The fraction of sp³-hybridized carbons (Fsp3) is 0.611. The van der Waals surface area contributed by atoms with E-state index in [1.807, 2.05) is 13.1 Å². The summed E-state index contributed by atoms with van der Waals surface area (Å²) < 4.78 is 10.6. The SMILES string of the molecule is CN=C(NCc1cc(OC)ccc1O)N(C)CCC1CCOCC1.I. The van der Waals surface area contributed by atoms with Crippen molar-refractivity contribution in [2.24, 2.45) is 10.9 Å². The molecule has 0 unspecified atom stereocenters. The molecule has 1 aliphatic heterocycles. The summed E-state index contributed by atoms with van der Waals surface area (Å²) in [5.41, 5.74) is 0.785. The summed E-state index contributed by atoms with van der Waals surface area (Å²) in [6, 6.07) is 5.22. The molecule has 1 aliphatic rings. The third kappa shape index (κ3) is 6.89. The van der Waals surface area contributed by atoms with Crippen LogP contribution in [0.5, 0.6) is 11.5 Å². The Morgan fingerprint density at radius 3 is 2.76 bits per heavy atom. The number of hydrogen-bond acceptors (Lipinski definition) is 4. The van der Waals surface area contributed by atoms with E-state index in [0.717, 1.165) is 62.2 Å². The second-order valence-electron chi connectivity index (χ2n) is 6.16. The Labute approximate surface area is 167 Å². The monoisotopic (exact) mass is 463 g/mol. The molecule has 0 saturated carbocycles. The minimum atomic E-state index is 0. The van der Waals surface area contributed by atoms with E-state index in [4.69, 9.17) is 9.47 Å². The second-order valence-corrected chi connectivity index (χ2v) is 6.16. The number of ether oxygens (including phenoxy) is 2. The Kier molecular flexibility index (Phi) is 9.96. The maximum Gasteiger partial charge on any atom is 0.193 e. The zero-order valence-electron chi connectivity index (χ0n) is 15.3. The number of nitrogens with one attached hydrogen (secondary N) is 1. The van der Waals surface area contributed by atoms with Crippen LogP contribution < -0.4 is 10.1 Å². The van der Waals surface area contributed by atoms with Crippen molar-refractivity contribution in [3.05, 3.63) is 23.8 Å². The van der Waals surface area contributed by atoms with Gasteiger partial charge in [0, 0.05) is 46.0 Å². The number of methoxy groups -OCH3 is 1. The molecule has 0 aromatic heterocycles. The molecule has 2 rings (SSSR count). The predicted octanol–water partition coefficient (Wildman–Crippen LogP) is 2.84. The summed E-state index contributed by atoms with van der Waals surface area (Å²) in [7, 11) is 5.44. The molecular formula is C18H30IN3O3. The maximum atomic E-state index is 9.97. The van der Waals surface area contributed by atoms with Crippen LogP contribution in [0.4, 0.5) is 0 Å². The molecule has 142 valence electrons. The Bertz CT molecular complexity index is 548. The van der Waals surface area contributed by atoms with Gasteiger partial charge in [0.1, 0.15) is 11.5 Å². The lowest BCUT2D eigenvalue weighted by atomic mass is 9.96. The molecular weight excluding hydrogens is 433 g/mol.